The molecule has 2 heterocycles. The number of aliphatic hydroxyl groups excluding tert-OH is 1. The van der Waals surface area contributed by atoms with Crippen molar-refractivity contribution >= 4 is 5.91 Å². The minimum absolute atomic E-state index is 0.0427. The molecule has 4 nitrogen and oxygen atoms in total. The number of carbonyl (C=O) groups excluding carboxylic acids is 1. The highest BCUT2D eigenvalue weighted by molar-refractivity contribution is 5.97. The van der Waals surface area contributed by atoms with Gasteiger partial charge in [0.25, 0.3) is 5.91 Å². The molecule has 0 radical (unpaired) electrons. The van der Waals surface area contributed by atoms with Crippen molar-refractivity contribution < 1.29 is 15.0 Å². The van der Waals surface area contributed by atoms with Crippen molar-refractivity contribution in [1.29, 1.82) is 0 Å². The highest BCUT2D eigenvalue weighted by Gasteiger charge is 2.43. The number of benzene rings is 1. The number of carbonyl (C=O) groups is 1. The number of amides is 1. The molecule has 19 heavy (non-hydrogen) atoms. The lowest BCUT2D eigenvalue weighted by molar-refractivity contribution is 0.0285. The van der Waals surface area contributed by atoms with Crippen LogP contribution in [0.1, 0.15) is 41.6 Å². The van der Waals surface area contributed by atoms with E-state index in [0.29, 0.717) is 18.4 Å². The second kappa shape index (κ2) is 4.53. The zero-order valence-electron chi connectivity index (χ0n) is 11.0. The maximum atomic E-state index is 12.6. The molecule has 2 bridgehead atoms. The normalized spacial score (nSPS) is 29.6. The first kappa shape index (κ1) is 12.5. The van der Waals surface area contributed by atoms with Crippen LogP contribution in [-0.2, 0) is 0 Å². The van der Waals surface area contributed by atoms with E-state index >= 15 is 0 Å². The standard InChI is InChI=1S/C15H19NO3/c1-9-2-5-14(18)13(6-9)15(19)16-10-3-4-11(16)8-12(17)7-10/h2,5-6,10-12,17-18H,3-4,7-8H2,1H3. The van der Waals surface area contributed by atoms with Crippen molar-refractivity contribution in [3.63, 3.8) is 0 Å². The van der Waals surface area contributed by atoms with Crippen LogP contribution in [0, 0.1) is 6.92 Å². The molecule has 2 aliphatic rings. The maximum absolute atomic E-state index is 12.6. The molecule has 0 aliphatic carbocycles. The summed E-state index contributed by atoms with van der Waals surface area (Å²) in [6.45, 7) is 1.91. The first-order valence-electron chi connectivity index (χ1n) is 6.86. The van der Waals surface area contributed by atoms with Crippen LogP contribution < -0.4 is 0 Å². The van der Waals surface area contributed by atoms with Crippen molar-refractivity contribution in [2.24, 2.45) is 0 Å². The lowest BCUT2D eigenvalue weighted by Crippen LogP contribution is -2.48. The quantitative estimate of drug-likeness (QED) is 0.810. The molecule has 2 saturated heterocycles. The van der Waals surface area contributed by atoms with Gasteiger partial charge < -0.3 is 15.1 Å². The minimum Gasteiger partial charge on any atom is -0.507 e. The number of nitrogens with zero attached hydrogens (tertiary/aromatic N) is 1. The Bertz CT molecular complexity index is 500. The van der Waals surface area contributed by atoms with E-state index in [1.165, 1.54) is 0 Å². The first-order valence-corrected chi connectivity index (χ1v) is 6.86. The molecule has 1 aromatic carbocycles. The number of phenolic OH excluding ortho intramolecular Hbond substituents is 1. The van der Waals surface area contributed by atoms with Crippen molar-refractivity contribution in [3.05, 3.63) is 29.3 Å². The Labute approximate surface area is 112 Å². The van der Waals surface area contributed by atoms with E-state index in [1.807, 2.05) is 11.8 Å². The number of hydrogen-bond acceptors (Lipinski definition) is 3. The number of hydrogen-bond donors (Lipinski definition) is 2. The fraction of sp³-hybridized carbons (Fsp3) is 0.533. The third kappa shape index (κ3) is 2.10. The smallest absolute Gasteiger partial charge is 0.258 e. The van der Waals surface area contributed by atoms with Crippen molar-refractivity contribution in [2.75, 3.05) is 0 Å². The third-order valence-electron chi connectivity index (χ3n) is 4.33. The highest BCUT2D eigenvalue weighted by atomic mass is 16.3. The fourth-order valence-corrected chi connectivity index (χ4v) is 3.44. The molecule has 4 heteroatoms. The molecule has 3 rings (SSSR count). The Morgan fingerprint density at radius 3 is 2.53 bits per heavy atom. The number of aliphatic hydroxyl groups is 1. The summed E-state index contributed by atoms with van der Waals surface area (Å²) in [5.74, 6) is -0.0540. The van der Waals surface area contributed by atoms with E-state index in [1.54, 1.807) is 18.2 Å². The van der Waals surface area contributed by atoms with Gasteiger partial charge in [0.05, 0.1) is 11.7 Å². The summed E-state index contributed by atoms with van der Waals surface area (Å²) in [4.78, 5) is 14.5. The summed E-state index contributed by atoms with van der Waals surface area (Å²) in [5, 5.41) is 19.7. The van der Waals surface area contributed by atoms with Crippen LogP contribution in [0.25, 0.3) is 0 Å². The van der Waals surface area contributed by atoms with Gasteiger partial charge in [-0.2, -0.15) is 0 Å². The first-order chi connectivity index (χ1) is 9.06. The Hall–Kier alpha value is -1.55. The van der Waals surface area contributed by atoms with Crippen LogP contribution in [0.15, 0.2) is 18.2 Å². The molecule has 0 saturated carbocycles. The molecule has 2 unspecified atom stereocenters. The highest BCUT2D eigenvalue weighted by Crippen LogP contribution is 2.37. The lowest BCUT2D eigenvalue weighted by atomic mass is 9.98. The van der Waals surface area contributed by atoms with Gasteiger partial charge in [0.2, 0.25) is 0 Å². The Morgan fingerprint density at radius 2 is 1.89 bits per heavy atom. The van der Waals surface area contributed by atoms with Crippen LogP contribution in [0.4, 0.5) is 0 Å². The molecule has 2 N–H and O–H groups in total. The van der Waals surface area contributed by atoms with Gasteiger partial charge in [-0.3, -0.25) is 4.79 Å². The zero-order chi connectivity index (χ0) is 13.6. The molecule has 2 atom stereocenters. The van der Waals surface area contributed by atoms with Gasteiger partial charge in [0, 0.05) is 12.1 Å². The Balaban J connectivity index is 1.90. The van der Waals surface area contributed by atoms with E-state index < -0.39 is 0 Å². The molecule has 1 amide bonds. The summed E-state index contributed by atoms with van der Waals surface area (Å²) < 4.78 is 0. The van der Waals surface area contributed by atoms with Crippen molar-refractivity contribution in [3.8, 4) is 5.75 Å². The van der Waals surface area contributed by atoms with Crippen molar-refractivity contribution in [1.82, 2.24) is 4.90 Å². The molecule has 0 aromatic heterocycles. The molecule has 0 spiro atoms. The molecular weight excluding hydrogens is 242 g/mol. The SMILES string of the molecule is Cc1ccc(O)c(C(=O)N2C3CCC2CC(O)C3)c1. The summed E-state index contributed by atoms with van der Waals surface area (Å²) in [6, 6.07) is 5.36. The molecule has 2 aliphatic heterocycles. The average molecular weight is 261 g/mol. The van der Waals surface area contributed by atoms with Crippen LogP contribution in [0.2, 0.25) is 0 Å². The Kier molecular flexibility index (Phi) is 2.97. The maximum Gasteiger partial charge on any atom is 0.258 e. The van der Waals surface area contributed by atoms with Gasteiger partial charge in [0.1, 0.15) is 5.75 Å². The predicted octanol–water partition coefficient (Wildman–Crippen LogP) is 1.83. The van der Waals surface area contributed by atoms with E-state index in [4.69, 9.17) is 0 Å². The van der Waals surface area contributed by atoms with Crippen LogP contribution in [0.3, 0.4) is 0 Å². The number of phenols is 1. The molecule has 102 valence electrons. The summed E-state index contributed by atoms with van der Waals surface area (Å²) in [7, 11) is 0. The van der Waals surface area contributed by atoms with E-state index in [0.717, 1.165) is 18.4 Å². The van der Waals surface area contributed by atoms with Gasteiger partial charge in [0.15, 0.2) is 0 Å². The molecule has 2 fully saturated rings. The predicted molar refractivity (Wildman–Crippen MR) is 71.1 cm³/mol. The van der Waals surface area contributed by atoms with E-state index in [9.17, 15) is 15.0 Å². The second-order valence-corrected chi connectivity index (χ2v) is 5.74. The van der Waals surface area contributed by atoms with Crippen LogP contribution in [0.5, 0.6) is 5.75 Å². The van der Waals surface area contributed by atoms with E-state index in [-0.39, 0.29) is 29.8 Å². The largest absolute Gasteiger partial charge is 0.507 e. The minimum atomic E-state index is -0.285. The number of aromatic hydroxyl groups is 1. The molecular formula is C15H19NO3. The van der Waals surface area contributed by atoms with Gasteiger partial charge in [-0.15, -0.1) is 0 Å². The monoisotopic (exact) mass is 261 g/mol. The Morgan fingerprint density at radius 1 is 1.26 bits per heavy atom. The van der Waals surface area contributed by atoms with Gasteiger partial charge in [-0.05, 0) is 44.7 Å². The third-order valence-corrected chi connectivity index (χ3v) is 4.33. The fourth-order valence-electron chi connectivity index (χ4n) is 3.44. The zero-order valence-corrected chi connectivity index (χ0v) is 11.0. The second-order valence-electron chi connectivity index (χ2n) is 5.74. The summed E-state index contributed by atoms with van der Waals surface area (Å²) in [6.07, 6.45) is 2.96. The van der Waals surface area contributed by atoms with Crippen molar-refractivity contribution in [2.45, 2.75) is 50.8 Å². The van der Waals surface area contributed by atoms with E-state index in [2.05, 4.69) is 0 Å². The van der Waals surface area contributed by atoms with Gasteiger partial charge in [-0.1, -0.05) is 11.6 Å². The summed E-state index contributed by atoms with van der Waals surface area (Å²) in [5.41, 5.74) is 1.35. The molecule has 1 aromatic rings. The van der Waals surface area contributed by atoms with Crippen LogP contribution >= 0.6 is 0 Å². The number of aryl methyl sites for hydroxylation is 1. The van der Waals surface area contributed by atoms with Gasteiger partial charge in [-0.25, -0.2) is 0 Å². The number of fused-ring (bicyclic) bond motifs is 2. The summed E-state index contributed by atoms with van der Waals surface area (Å²) >= 11 is 0. The topological polar surface area (TPSA) is 60.8 Å². The van der Waals surface area contributed by atoms with Gasteiger partial charge >= 0.3 is 0 Å². The number of piperidine rings is 1. The average Bonchev–Trinajstić information content (AvgIpc) is 2.64. The number of rotatable bonds is 1. The van der Waals surface area contributed by atoms with Crippen LogP contribution in [-0.4, -0.2) is 39.2 Å². The lowest BCUT2D eigenvalue weighted by Gasteiger charge is -2.37.